The summed E-state index contributed by atoms with van der Waals surface area (Å²) in [7, 11) is 0. The summed E-state index contributed by atoms with van der Waals surface area (Å²) in [6.45, 7) is 2.27. The van der Waals surface area contributed by atoms with E-state index in [1.165, 1.54) is 63.6 Å². The van der Waals surface area contributed by atoms with Gasteiger partial charge in [0.25, 0.3) is 0 Å². The van der Waals surface area contributed by atoms with Gasteiger partial charge in [0, 0.05) is 69.9 Å². The molecule has 0 spiro atoms. The topological polar surface area (TPSA) is 48.5 Å². The van der Waals surface area contributed by atoms with Gasteiger partial charge in [-0.3, -0.25) is 9.13 Å². The maximum absolute atomic E-state index is 5.57. The highest BCUT2D eigenvalue weighted by Crippen LogP contribution is 2.49. The first kappa shape index (κ1) is 35.6. The van der Waals surface area contributed by atoms with E-state index in [-0.39, 0.29) is 0 Å². The van der Waals surface area contributed by atoms with Crippen LogP contribution in [0.3, 0.4) is 0 Å². The van der Waals surface area contributed by atoms with Crippen LogP contribution in [0.4, 0.5) is 0 Å². The standard InChI is InChI=1S/C58H37N5S/c1-34-21-23-35(24-22-34)36-25-28-39(29-26-36)62-49-32-46-50(33-45(49)43-19-11-31-59-57(43)62)64-56-51(46)41-16-7-8-17-42(41)55-53(56)44-18-9-10-20-48(44)63(55)58-60-47-30-27-37-12-5-6-15-40(37)52(47)54(61-58)38-13-3-2-4-14-38/h2-21,23-34H,22H2,1H3. The van der Waals surface area contributed by atoms with Gasteiger partial charge in [-0.15, -0.1) is 11.3 Å². The third kappa shape index (κ3) is 5.08. The van der Waals surface area contributed by atoms with Crippen molar-refractivity contribution in [3.05, 3.63) is 194 Å². The van der Waals surface area contributed by atoms with E-state index in [9.17, 15) is 0 Å². The third-order valence-electron chi connectivity index (χ3n) is 13.5. The number of thiophene rings is 1. The van der Waals surface area contributed by atoms with E-state index >= 15 is 0 Å². The number of rotatable bonds is 4. The predicted octanol–water partition coefficient (Wildman–Crippen LogP) is 15.5. The lowest BCUT2D eigenvalue weighted by Crippen LogP contribution is -2.04. The van der Waals surface area contributed by atoms with Gasteiger partial charge in [0.2, 0.25) is 5.95 Å². The molecular weight excluding hydrogens is 799 g/mol. The van der Waals surface area contributed by atoms with E-state index in [0.29, 0.717) is 11.9 Å². The van der Waals surface area contributed by atoms with Crippen molar-refractivity contribution in [2.75, 3.05) is 0 Å². The van der Waals surface area contributed by atoms with E-state index in [1.54, 1.807) is 0 Å². The Labute approximate surface area is 371 Å². The van der Waals surface area contributed by atoms with E-state index in [2.05, 4.69) is 198 Å². The monoisotopic (exact) mass is 835 g/mol. The molecule has 5 heterocycles. The highest BCUT2D eigenvalue weighted by Gasteiger charge is 2.25. The Morgan fingerprint density at radius 3 is 2.17 bits per heavy atom. The number of allylic oxidation sites excluding steroid dienone is 4. The van der Waals surface area contributed by atoms with Crippen molar-refractivity contribution in [2.45, 2.75) is 13.3 Å². The van der Waals surface area contributed by atoms with Gasteiger partial charge in [-0.25, -0.2) is 15.0 Å². The Kier molecular flexibility index (Phi) is 7.54. The van der Waals surface area contributed by atoms with Crippen LogP contribution < -0.4 is 0 Å². The molecule has 0 amide bonds. The van der Waals surface area contributed by atoms with Gasteiger partial charge in [0.1, 0.15) is 5.65 Å². The maximum Gasteiger partial charge on any atom is 0.235 e. The van der Waals surface area contributed by atoms with Crippen LogP contribution in [0, 0.1) is 5.92 Å². The molecule has 8 aromatic carbocycles. The predicted molar refractivity (Wildman–Crippen MR) is 270 cm³/mol. The molecule has 1 aliphatic carbocycles. The summed E-state index contributed by atoms with van der Waals surface area (Å²) in [4.78, 5) is 16.0. The number of benzene rings is 8. The van der Waals surface area contributed by atoms with Gasteiger partial charge < -0.3 is 0 Å². The average Bonchev–Trinajstić information content (AvgIpc) is 4.01. The van der Waals surface area contributed by atoms with Crippen LogP contribution in [-0.4, -0.2) is 24.1 Å². The van der Waals surface area contributed by atoms with Crippen molar-refractivity contribution >= 4 is 113 Å². The molecule has 0 saturated heterocycles. The highest BCUT2D eigenvalue weighted by molar-refractivity contribution is 7.27. The number of hydrogen-bond donors (Lipinski definition) is 0. The Morgan fingerprint density at radius 1 is 0.562 bits per heavy atom. The van der Waals surface area contributed by atoms with Crippen molar-refractivity contribution in [3.63, 3.8) is 0 Å². The molecule has 14 rings (SSSR count). The summed E-state index contributed by atoms with van der Waals surface area (Å²) in [6, 6.07) is 59.3. The first-order valence-corrected chi connectivity index (χ1v) is 22.8. The first-order chi connectivity index (χ1) is 31.7. The lowest BCUT2D eigenvalue weighted by Gasteiger charge is -2.14. The zero-order chi connectivity index (χ0) is 42.0. The number of para-hydroxylation sites is 1. The summed E-state index contributed by atoms with van der Waals surface area (Å²) in [5, 5.41) is 13.0. The SMILES string of the molecule is CC1C=CC(c2ccc(-n3c4cc5c(cc4c4cccnc43)sc3c5c4ccccc4c4c3c3ccccc3n4-c3nc(-c4ccccc4)c4c(ccc5ccccc54)n3)cc2)=CC1. The molecule has 300 valence electrons. The van der Waals surface area contributed by atoms with Crippen LogP contribution >= 0.6 is 11.3 Å². The van der Waals surface area contributed by atoms with Gasteiger partial charge in [-0.05, 0) is 88.2 Å². The molecule has 6 heteroatoms. The van der Waals surface area contributed by atoms with Crippen molar-refractivity contribution in [1.29, 1.82) is 0 Å². The normalized spacial score (nSPS) is 14.5. The zero-order valence-corrected chi connectivity index (χ0v) is 35.6. The number of pyridine rings is 1. The van der Waals surface area contributed by atoms with Crippen molar-refractivity contribution in [3.8, 4) is 22.9 Å². The largest absolute Gasteiger partial charge is 0.294 e. The molecule has 0 bridgehead atoms. The molecular formula is C58H37N5S. The van der Waals surface area contributed by atoms with Crippen molar-refractivity contribution in [1.82, 2.24) is 24.1 Å². The van der Waals surface area contributed by atoms with Crippen LogP contribution in [0.25, 0.3) is 125 Å². The fourth-order valence-electron chi connectivity index (χ4n) is 10.5. The fourth-order valence-corrected chi connectivity index (χ4v) is 11.8. The van der Waals surface area contributed by atoms with E-state index in [0.717, 1.165) is 67.2 Å². The Hall–Kier alpha value is -7.93. The van der Waals surface area contributed by atoms with Gasteiger partial charge in [0.05, 0.1) is 27.8 Å². The van der Waals surface area contributed by atoms with Crippen LogP contribution in [0.2, 0.25) is 0 Å². The van der Waals surface area contributed by atoms with Crippen LogP contribution in [0.1, 0.15) is 18.9 Å². The molecule has 0 aliphatic heterocycles. The van der Waals surface area contributed by atoms with Crippen LogP contribution in [-0.2, 0) is 0 Å². The second-order valence-electron chi connectivity index (χ2n) is 17.2. The van der Waals surface area contributed by atoms with Crippen molar-refractivity contribution < 1.29 is 0 Å². The quantitative estimate of drug-likeness (QED) is 0.166. The van der Waals surface area contributed by atoms with Gasteiger partial charge in [-0.1, -0.05) is 140 Å². The Morgan fingerprint density at radius 2 is 1.33 bits per heavy atom. The lowest BCUT2D eigenvalue weighted by molar-refractivity contribution is 0.739. The van der Waals surface area contributed by atoms with Gasteiger partial charge >= 0.3 is 0 Å². The summed E-state index contributed by atoms with van der Waals surface area (Å²) >= 11 is 1.88. The molecule has 1 unspecified atom stereocenters. The molecule has 5 nitrogen and oxygen atoms in total. The Bertz CT molecular complexity index is 4170. The average molecular weight is 836 g/mol. The second-order valence-corrected chi connectivity index (χ2v) is 18.3. The summed E-state index contributed by atoms with van der Waals surface area (Å²) in [6.07, 6.45) is 9.91. The molecule has 13 aromatic rings. The highest BCUT2D eigenvalue weighted by atomic mass is 32.1. The van der Waals surface area contributed by atoms with E-state index in [4.69, 9.17) is 15.0 Å². The summed E-state index contributed by atoms with van der Waals surface area (Å²) in [5.41, 5.74) is 10.8. The minimum Gasteiger partial charge on any atom is -0.294 e. The number of nitrogens with zero attached hydrogens (tertiary/aromatic N) is 5. The van der Waals surface area contributed by atoms with Gasteiger partial charge in [-0.2, -0.15) is 0 Å². The Balaban J connectivity index is 1.06. The van der Waals surface area contributed by atoms with Crippen molar-refractivity contribution in [2.24, 2.45) is 5.92 Å². The summed E-state index contributed by atoms with van der Waals surface area (Å²) < 4.78 is 7.19. The first-order valence-electron chi connectivity index (χ1n) is 22.0. The van der Waals surface area contributed by atoms with Gasteiger partial charge in [0.15, 0.2) is 0 Å². The molecule has 64 heavy (non-hydrogen) atoms. The number of aromatic nitrogens is 5. The maximum atomic E-state index is 5.57. The summed E-state index contributed by atoms with van der Waals surface area (Å²) in [5.74, 6) is 1.24. The molecule has 0 saturated carbocycles. The molecule has 1 aliphatic rings. The molecule has 0 fully saturated rings. The van der Waals surface area contributed by atoms with E-state index < -0.39 is 0 Å². The van der Waals surface area contributed by atoms with Crippen LogP contribution in [0.15, 0.2) is 188 Å². The minimum absolute atomic E-state index is 0.580. The molecule has 0 N–H and O–H groups in total. The smallest absolute Gasteiger partial charge is 0.235 e. The number of fused-ring (bicyclic) bond motifs is 16. The second kappa shape index (κ2) is 13.5. The lowest BCUT2D eigenvalue weighted by atomic mass is 9.94. The molecule has 0 radical (unpaired) electrons. The number of hydrogen-bond acceptors (Lipinski definition) is 4. The zero-order valence-electron chi connectivity index (χ0n) is 34.8. The van der Waals surface area contributed by atoms with E-state index in [1.807, 2.05) is 17.5 Å². The fraction of sp³-hybridized carbons (Fsp3) is 0.0517. The minimum atomic E-state index is 0.580. The molecule has 1 atom stereocenters. The third-order valence-corrected chi connectivity index (χ3v) is 14.7. The molecule has 5 aromatic heterocycles. The van der Waals surface area contributed by atoms with Crippen LogP contribution in [0.5, 0.6) is 0 Å².